The average Bonchev–Trinajstić information content (AvgIpc) is 2.39. The molecule has 1 aromatic carbocycles. The Hall–Kier alpha value is -1.67. The number of halogens is 2. The van der Waals surface area contributed by atoms with Gasteiger partial charge in [-0.1, -0.05) is 0 Å². The third kappa shape index (κ3) is 3.33. The Labute approximate surface area is 130 Å². The molecule has 8 heteroatoms. The lowest BCUT2D eigenvalue weighted by Gasteiger charge is -2.11. The van der Waals surface area contributed by atoms with Gasteiger partial charge in [0.1, 0.15) is 10.4 Å². The van der Waals surface area contributed by atoms with E-state index in [0.717, 1.165) is 11.6 Å². The Morgan fingerprint density at radius 3 is 2.52 bits per heavy atom. The number of benzene rings is 1. The molecular formula is C13H13BrFN3O2S. The molecule has 0 amide bonds. The molecule has 0 aliphatic rings. The molecule has 0 atom stereocenters. The van der Waals surface area contributed by atoms with E-state index in [9.17, 15) is 12.8 Å². The van der Waals surface area contributed by atoms with E-state index in [1.165, 1.54) is 19.2 Å². The highest BCUT2D eigenvalue weighted by Crippen LogP contribution is 2.24. The molecule has 5 nitrogen and oxygen atoms in total. The molecule has 2 aromatic rings. The van der Waals surface area contributed by atoms with Gasteiger partial charge in [-0.25, -0.2) is 17.8 Å². The summed E-state index contributed by atoms with van der Waals surface area (Å²) in [5.41, 5.74) is 6.96. The molecule has 0 radical (unpaired) electrons. The van der Waals surface area contributed by atoms with Crippen molar-refractivity contribution in [2.75, 3.05) is 10.5 Å². The number of sulfonamides is 1. The van der Waals surface area contributed by atoms with Gasteiger partial charge in [0.15, 0.2) is 0 Å². The standard InChI is InChI=1S/C13H13BrFN3O2S/c1-7-3-9(6-17-13(7)14)18-21(19,20)10-4-11(15)8(2)12(16)5-10/h3-6,18H,16H2,1-2H3. The molecule has 0 aliphatic heterocycles. The highest BCUT2D eigenvalue weighted by molar-refractivity contribution is 9.10. The van der Waals surface area contributed by atoms with Gasteiger partial charge in [0.2, 0.25) is 0 Å². The first-order chi connectivity index (χ1) is 9.70. The smallest absolute Gasteiger partial charge is 0.262 e. The lowest BCUT2D eigenvalue weighted by atomic mass is 10.2. The van der Waals surface area contributed by atoms with Crippen LogP contribution in [0.3, 0.4) is 0 Å². The molecule has 21 heavy (non-hydrogen) atoms. The van der Waals surface area contributed by atoms with Crippen LogP contribution in [0.25, 0.3) is 0 Å². The molecule has 0 saturated heterocycles. The van der Waals surface area contributed by atoms with Crippen LogP contribution in [0, 0.1) is 19.7 Å². The fourth-order valence-electron chi connectivity index (χ4n) is 1.66. The predicted octanol–water partition coefficient (Wildman–Crippen LogP) is 2.98. The number of hydrogen-bond acceptors (Lipinski definition) is 4. The first-order valence-corrected chi connectivity index (χ1v) is 8.19. The third-order valence-electron chi connectivity index (χ3n) is 2.93. The van der Waals surface area contributed by atoms with Crippen LogP contribution in [0.15, 0.2) is 33.9 Å². The summed E-state index contributed by atoms with van der Waals surface area (Å²) in [5.74, 6) is -0.666. The van der Waals surface area contributed by atoms with Crippen molar-refractivity contribution < 1.29 is 12.8 Å². The van der Waals surface area contributed by atoms with Gasteiger partial charge in [-0.15, -0.1) is 0 Å². The van der Waals surface area contributed by atoms with E-state index in [-0.39, 0.29) is 21.8 Å². The highest BCUT2D eigenvalue weighted by atomic mass is 79.9. The van der Waals surface area contributed by atoms with Gasteiger partial charge >= 0.3 is 0 Å². The number of pyridine rings is 1. The van der Waals surface area contributed by atoms with E-state index in [4.69, 9.17) is 5.73 Å². The minimum atomic E-state index is -3.93. The number of rotatable bonds is 3. The molecule has 3 N–H and O–H groups in total. The molecule has 0 unspecified atom stereocenters. The molecule has 2 rings (SSSR count). The van der Waals surface area contributed by atoms with Gasteiger partial charge in [-0.2, -0.15) is 0 Å². The molecule has 0 saturated carbocycles. The largest absolute Gasteiger partial charge is 0.398 e. The maximum atomic E-state index is 13.6. The maximum absolute atomic E-state index is 13.6. The molecule has 0 fully saturated rings. The molecule has 1 heterocycles. The van der Waals surface area contributed by atoms with E-state index in [1.807, 2.05) is 0 Å². The van der Waals surface area contributed by atoms with Crippen molar-refractivity contribution in [3.63, 3.8) is 0 Å². The van der Waals surface area contributed by atoms with Crippen LogP contribution in [0.5, 0.6) is 0 Å². The topological polar surface area (TPSA) is 85.1 Å². The van der Waals surface area contributed by atoms with Gasteiger partial charge in [0.25, 0.3) is 10.0 Å². The van der Waals surface area contributed by atoms with Crippen LogP contribution in [0.1, 0.15) is 11.1 Å². The Morgan fingerprint density at radius 1 is 1.29 bits per heavy atom. The average molecular weight is 374 g/mol. The Balaban J connectivity index is 2.40. The zero-order valence-electron chi connectivity index (χ0n) is 11.3. The van der Waals surface area contributed by atoms with E-state index < -0.39 is 15.8 Å². The predicted molar refractivity (Wildman–Crippen MR) is 83.0 cm³/mol. The monoisotopic (exact) mass is 373 g/mol. The second-order valence-corrected chi connectivity index (χ2v) is 6.99. The fourth-order valence-corrected chi connectivity index (χ4v) is 2.95. The van der Waals surface area contributed by atoms with E-state index >= 15 is 0 Å². The summed E-state index contributed by atoms with van der Waals surface area (Å²) in [6, 6.07) is 3.77. The van der Waals surface area contributed by atoms with E-state index in [2.05, 4.69) is 25.6 Å². The number of anilines is 2. The second-order valence-electron chi connectivity index (χ2n) is 4.56. The highest BCUT2D eigenvalue weighted by Gasteiger charge is 2.18. The van der Waals surface area contributed by atoms with Crippen molar-refractivity contribution in [2.24, 2.45) is 0 Å². The number of nitrogens with zero attached hydrogens (tertiary/aromatic N) is 1. The quantitative estimate of drug-likeness (QED) is 0.639. The number of hydrogen-bond donors (Lipinski definition) is 2. The second kappa shape index (κ2) is 5.61. The van der Waals surface area contributed by atoms with Crippen molar-refractivity contribution in [3.05, 3.63) is 45.9 Å². The Kier molecular flexibility index (Phi) is 4.20. The van der Waals surface area contributed by atoms with Gasteiger partial charge in [-0.05, 0) is 53.5 Å². The third-order valence-corrected chi connectivity index (χ3v) is 5.13. The first-order valence-electron chi connectivity index (χ1n) is 5.91. The summed E-state index contributed by atoms with van der Waals surface area (Å²) >= 11 is 3.23. The zero-order chi connectivity index (χ0) is 15.8. The molecule has 0 spiro atoms. The van der Waals surface area contributed by atoms with Gasteiger partial charge < -0.3 is 5.73 Å². The Morgan fingerprint density at radius 2 is 1.95 bits per heavy atom. The molecule has 0 aliphatic carbocycles. The summed E-state index contributed by atoms with van der Waals surface area (Å²) in [4.78, 5) is 3.76. The summed E-state index contributed by atoms with van der Waals surface area (Å²) in [7, 11) is -3.93. The van der Waals surface area contributed by atoms with Crippen LogP contribution < -0.4 is 10.5 Å². The number of aryl methyl sites for hydroxylation is 1. The number of nitrogens with one attached hydrogen (secondary N) is 1. The van der Waals surface area contributed by atoms with Crippen LogP contribution in [0.2, 0.25) is 0 Å². The van der Waals surface area contributed by atoms with Gasteiger partial charge in [0, 0.05) is 11.3 Å². The summed E-state index contributed by atoms with van der Waals surface area (Å²) in [5, 5.41) is 0. The number of aromatic nitrogens is 1. The minimum Gasteiger partial charge on any atom is -0.398 e. The van der Waals surface area contributed by atoms with Gasteiger partial charge in [0.05, 0.1) is 16.8 Å². The van der Waals surface area contributed by atoms with Crippen LogP contribution in [-0.4, -0.2) is 13.4 Å². The van der Waals surface area contributed by atoms with Crippen LogP contribution in [-0.2, 0) is 10.0 Å². The van der Waals surface area contributed by atoms with E-state index in [0.29, 0.717) is 4.60 Å². The number of nitrogen functional groups attached to an aromatic ring is 1. The summed E-state index contributed by atoms with van der Waals surface area (Å²) in [6.45, 7) is 3.26. The van der Waals surface area contributed by atoms with Gasteiger partial charge in [-0.3, -0.25) is 4.72 Å². The van der Waals surface area contributed by atoms with Crippen molar-refractivity contribution >= 4 is 37.3 Å². The van der Waals surface area contributed by atoms with E-state index in [1.54, 1.807) is 13.0 Å². The van der Waals surface area contributed by atoms with Crippen molar-refractivity contribution in [3.8, 4) is 0 Å². The van der Waals surface area contributed by atoms with Crippen LogP contribution >= 0.6 is 15.9 Å². The molecule has 0 bridgehead atoms. The molecule has 112 valence electrons. The Bertz CT molecular complexity index is 786. The normalized spacial score (nSPS) is 11.4. The maximum Gasteiger partial charge on any atom is 0.262 e. The molecular weight excluding hydrogens is 361 g/mol. The minimum absolute atomic E-state index is 0.0838. The zero-order valence-corrected chi connectivity index (χ0v) is 13.7. The summed E-state index contributed by atoms with van der Waals surface area (Å²) in [6.07, 6.45) is 1.36. The molecule has 1 aromatic heterocycles. The lowest BCUT2D eigenvalue weighted by molar-refractivity contribution is 0.593. The van der Waals surface area contributed by atoms with Crippen LogP contribution in [0.4, 0.5) is 15.8 Å². The lowest BCUT2D eigenvalue weighted by Crippen LogP contribution is -2.14. The van der Waals surface area contributed by atoms with Crippen molar-refractivity contribution in [2.45, 2.75) is 18.7 Å². The van der Waals surface area contributed by atoms with Crippen molar-refractivity contribution in [1.82, 2.24) is 4.98 Å². The number of nitrogens with two attached hydrogens (primary N) is 1. The fraction of sp³-hybridized carbons (Fsp3) is 0.154. The SMILES string of the molecule is Cc1cc(NS(=O)(=O)c2cc(N)c(C)c(F)c2)cnc1Br. The summed E-state index contributed by atoms with van der Waals surface area (Å²) < 4.78 is 41.1. The first kappa shape index (κ1) is 15.7. The van der Waals surface area contributed by atoms with Crippen molar-refractivity contribution in [1.29, 1.82) is 0 Å².